The number of carbonyl (C=O) groups excluding carboxylic acids is 1. The van der Waals surface area contributed by atoms with Crippen LogP contribution in [0, 0.1) is 5.92 Å². The lowest BCUT2D eigenvalue weighted by Crippen LogP contribution is -2.44. The van der Waals surface area contributed by atoms with Crippen LogP contribution in [0.1, 0.15) is 38.5 Å². The molecule has 114 valence electrons. The Bertz CT molecular complexity index is 341. The van der Waals surface area contributed by atoms with Gasteiger partial charge in [0.2, 0.25) is 0 Å². The first-order chi connectivity index (χ1) is 9.63. The highest BCUT2D eigenvalue weighted by Crippen LogP contribution is 2.24. The Kier molecular flexibility index (Phi) is 8.18. The highest BCUT2D eigenvalue weighted by Gasteiger charge is 2.18. The number of aliphatic carboxylic acids is 1. The van der Waals surface area contributed by atoms with Gasteiger partial charge in [0.25, 0.3) is 0 Å². The van der Waals surface area contributed by atoms with Gasteiger partial charge in [-0.15, -0.1) is 0 Å². The zero-order valence-corrected chi connectivity index (χ0v) is 12.7. The van der Waals surface area contributed by atoms with Gasteiger partial charge >= 0.3 is 12.0 Å². The van der Waals surface area contributed by atoms with Crippen molar-refractivity contribution in [3.8, 4) is 0 Å². The van der Waals surface area contributed by atoms with Crippen LogP contribution < -0.4 is 10.6 Å². The third-order valence-electron chi connectivity index (χ3n) is 3.45. The summed E-state index contributed by atoms with van der Waals surface area (Å²) >= 11 is 1.56. The molecule has 0 heterocycles. The summed E-state index contributed by atoms with van der Waals surface area (Å²) in [5.41, 5.74) is 0. The van der Waals surface area contributed by atoms with E-state index in [2.05, 4.69) is 10.6 Å². The van der Waals surface area contributed by atoms with Gasteiger partial charge in [0.15, 0.2) is 0 Å². The molecule has 6 heteroatoms. The minimum atomic E-state index is -0.995. The molecular formula is C14H24N2O3S. The molecule has 0 radical (unpaired) electrons. The monoisotopic (exact) mass is 300 g/mol. The molecule has 0 aromatic carbocycles. The standard InChI is InChI=1S/C14H24N2O3S/c1-20-10-8-12(13(17)18)16-14(19)15-9-7-11-5-3-2-4-6-11/h7,9,11-12H,2-6,8,10H2,1H3,(H,17,18)(H2,15,16,19)/b9-7+. The fourth-order valence-corrected chi connectivity index (χ4v) is 2.75. The fourth-order valence-electron chi connectivity index (χ4n) is 2.28. The Morgan fingerprint density at radius 3 is 2.65 bits per heavy atom. The fraction of sp³-hybridized carbons (Fsp3) is 0.714. The summed E-state index contributed by atoms with van der Waals surface area (Å²) in [7, 11) is 0. The van der Waals surface area contributed by atoms with Gasteiger partial charge in [-0.25, -0.2) is 9.59 Å². The maximum atomic E-state index is 11.6. The van der Waals surface area contributed by atoms with Crippen molar-refractivity contribution in [1.82, 2.24) is 10.6 Å². The van der Waals surface area contributed by atoms with E-state index in [9.17, 15) is 9.59 Å². The Balaban J connectivity index is 2.29. The predicted molar refractivity (Wildman–Crippen MR) is 81.8 cm³/mol. The van der Waals surface area contributed by atoms with Crippen molar-refractivity contribution in [2.75, 3.05) is 12.0 Å². The molecule has 0 spiro atoms. The second-order valence-electron chi connectivity index (χ2n) is 5.05. The lowest BCUT2D eigenvalue weighted by Gasteiger charge is -2.18. The zero-order valence-electron chi connectivity index (χ0n) is 11.9. The molecule has 1 aliphatic carbocycles. The minimum Gasteiger partial charge on any atom is -0.480 e. The molecule has 0 aromatic rings. The van der Waals surface area contributed by atoms with Crippen molar-refractivity contribution in [1.29, 1.82) is 0 Å². The van der Waals surface area contributed by atoms with E-state index in [1.807, 2.05) is 12.3 Å². The minimum absolute atomic E-state index is 0.427. The molecule has 20 heavy (non-hydrogen) atoms. The number of rotatable bonds is 7. The van der Waals surface area contributed by atoms with E-state index in [-0.39, 0.29) is 0 Å². The quantitative estimate of drug-likeness (QED) is 0.675. The molecule has 5 nitrogen and oxygen atoms in total. The van der Waals surface area contributed by atoms with Crippen molar-refractivity contribution in [3.05, 3.63) is 12.3 Å². The van der Waals surface area contributed by atoms with Crippen LogP contribution in [0.3, 0.4) is 0 Å². The number of allylic oxidation sites excluding steroid dienone is 1. The Labute approximate surface area is 124 Å². The van der Waals surface area contributed by atoms with Gasteiger partial charge in [-0.05, 0) is 37.2 Å². The van der Waals surface area contributed by atoms with Gasteiger partial charge in [-0.1, -0.05) is 25.3 Å². The van der Waals surface area contributed by atoms with Crippen molar-refractivity contribution < 1.29 is 14.7 Å². The molecule has 1 saturated carbocycles. The first kappa shape index (κ1) is 16.9. The molecule has 0 aromatic heterocycles. The van der Waals surface area contributed by atoms with Crippen LogP contribution in [0.15, 0.2) is 12.3 Å². The average Bonchev–Trinajstić information content (AvgIpc) is 2.44. The molecule has 1 aliphatic rings. The number of carboxylic acid groups (broad SMARTS) is 1. The number of carboxylic acids is 1. The Morgan fingerprint density at radius 2 is 2.05 bits per heavy atom. The van der Waals surface area contributed by atoms with Crippen LogP contribution in [-0.4, -0.2) is 35.2 Å². The summed E-state index contributed by atoms with van der Waals surface area (Å²) < 4.78 is 0. The van der Waals surface area contributed by atoms with Gasteiger partial charge in [0.1, 0.15) is 6.04 Å². The molecule has 0 aliphatic heterocycles. The SMILES string of the molecule is CSCCC(NC(=O)N/C=C/C1CCCCC1)C(=O)O. The van der Waals surface area contributed by atoms with Crippen LogP contribution in [-0.2, 0) is 4.79 Å². The summed E-state index contributed by atoms with van der Waals surface area (Å²) in [5.74, 6) is 0.246. The summed E-state index contributed by atoms with van der Waals surface area (Å²) in [6.45, 7) is 0. The summed E-state index contributed by atoms with van der Waals surface area (Å²) in [6.07, 6.45) is 12.1. The zero-order chi connectivity index (χ0) is 14.8. The van der Waals surface area contributed by atoms with Gasteiger partial charge in [0.05, 0.1) is 0 Å². The van der Waals surface area contributed by atoms with E-state index in [0.29, 0.717) is 18.1 Å². The van der Waals surface area contributed by atoms with Crippen molar-refractivity contribution in [3.63, 3.8) is 0 Å². The molecular weight excluding hydrogens is 276 g/mol. The maximum Gasteiger partial charge on any atom is 0.326 e. The second kappa shape index (κ2) is 9.69. The number of urea groups is 1. The summed E-state index contributed by atoms with van der Waals surface area (Å²) in [6, 6.07) is -1.28. The number of carbonyl (C=O) groups is 2. The second-order valence-corrected chi connectivity index (χ2v) is 6.03. The topological polar surface area (TPSA) is 78.4 Å². The number of hydrogen-bond acceptors (Lipinski definition) is 3. The van der Waals surface area contributed by atoms with Crippen LogP contribution >= 0.6 is 11.8 Å². The third-order valence-corrected chi connectivity index (χ3v) is 4.09. The first-order valence-corrected chi connectivity index (χ1v) is 8.48. The number of hydrogen-bond donors (Lipinski definition) is 3. The molecule has 1 rings (SSSR count). The molecule has 1 fully saturated rings. The highest BCUT2D eigenvalue weighted by atomic mass is 32.2. The Hall–Kier alpha value is -1.17. The lowest BCUT2D eigenvalue weighted by atomic mass is 9.89. The van der Waals surface area contributed by atoms with E-state index in [0.717, 1.165) is 0 Å². The van der Waals surface area contributed by atoms with Gasteiger partial charge < -0.3 is 15.7 Å². The van der Waals surface area contributed by atoms with Crippen molar-refractivity contribution in [2.24, 2.45) is 5.92 Å². The highest BCUT2D eigenvalue weighted by molar-refractivity contribution is 7.98. The molecule has 0 saturated heterocycles. The lowest BCUT2D eigenvalue weighted by molar-refractivity contribution is -0.139. The van der Waals surface area contributed by atoms with E-state index in [1.165, 1.54) is 32.1 Å². The van der Waals surface area contributed by atoms with Gasteiger partial charge in [-0.3, -0.25) is 0 Å². The normalized spacial score (nSPS) is 17.9. The predicted octanol–water partition coefficient (Wildman–Crippen LogP) is 2.59. The van der Waals surface area contributed by atoms with Crippen molar-refractivity contribution in [2.45, 2.75) is 44.6 Å². The molecule has 2 amide bonds. The number of thioether (sulfide) groups is 1. The molecule has 1 atom stereocenters. The first-order valence-electron chi connectivity index (χ1n) is 7.09. The summed E-state index contributed by atoms with van der Waals surface area (Å²) in [5, 5.41) is 14.1. The summed E-state index contributed by atoms with van der Waals surface area (Å²) in [4.78, 5) is 22.6. The maximum absolute atomic E-state index is 11.6. The van der Waals surface area contributed by atoms with Crippen LogP contribution in [0.2, 0.25) is 0 Å². The van der Waals surface area contributed by atoms with Crippen molar-refractivity contribution >= 4 is 23.8 Å². The largest absolute Gasteiger partial charge is 0.480 e. The average molecular weight is 300 g/mol. The van der Waals surface area contributed by atoms with E-state index >= 15 is 0 Å². The van der Waals surface area contributed by atoms with Crippen LogP contribution in [0.5, 0.6) is 0 Å². The number of amides is 2. The van der Waals surface area contributed by atoms with E-state index < -0.39 is 18.0 Å². The third kappa shape index (κ3) is 6.84. The molecule has 0 bridgehead atoms. The van der Waals surface area contributed by atoms with Gasteiger partial charge in [0, 0.05) is 6.20 Å². The van der Waals surface area contributed by atoms with Crippen LogP contribution in [0.25, 0.3) is 0 Å². The molecule has 1 unspecified atom stereocenters. The Morgan fingerprint density at radius 1 is 1.35 bits per heavy atom. The van der Waals surface area contributed by atoms with E-state index in [4.69, 9.17) is 5.11 Å². The van der Waals surface area contributed by atoms with Gasteiger partial charge in [-0.2, -0.15) is 11.8 Å². The van der Waals surface area contributed by atoms with E-state index in [1.54, 1.807) is 18.0 Å². The molecule has 3 N–H and O–H groups in total. The smallest absolute Gasteiger partial charge is 0.326 e. The number of nitrogens with one attached hydrogen (secondary N) is 2. The van der Waals surface area contributed by atoms with Crippen LogP contribution in [0.4, 0.5) is 4.79 Å².